The van der Waals surface area contributed by atoms with Crippen molar-refractivity contribution in [3.8, 4) is 5.75 Å². The Bertz CT molecular complexity index is 1070. The van der Waals surface area contributed by atoms with Gasteiger partial charge >= 0.3 is 0 Å². The highest BCUT2D eigenvalue weighted by atomic mass is 35.5. The molecule has 0 saturated heterocycles. The lowest BCUT2D eigenvalue weighted by Crippen LogP contribution is -2.23. The Balaban J connectivity index is 1.74. The quantitative estimate of drug-likeness (QED) is 0.619. The van der Waals surface area contributed by atoms with Crippen LogP contribution in [0.5, 0.6) is 5.75 Å². The molecule has 2 aromatic carbocycles. The SMILES string of the molecule is O=C(Cn1cc(OCc2ccc(F)cc2)c(=O)cc1CO)Nc1cccc(Cl)c1. The van der Waals surface area contributed by atoms with Crippen LogP contribution in [-0.2, 0) is 24.6 Å². The first kappa shape index (κ1) is 20.6. The third-order valence-electron chi connectivity index (χ3n) is 4.07. The maximum Gasteiger partial charge on any atom is 0.244 e. The zero-order valence-corrected chi connectivity index (χ0v) is 16.0. The maximum atomic E-state index is 13.0. The molecule has 8 heteroatoms. The van der Waals surface area contributed by atoms with E-state index in [1.165, 1.54) is 29.0 Å². The smallest absolute Gasteiger partial charge is 0.244 e. The summed E-state index contributed by atoms with van der Waals surface area (Å²) in [5.74, 6) is -0.716. The predicted molar refractivity (Wildman–Crippen MR) is 107 cm³/mol. The van der Waals surface area contributed by atoms with Crippen LogP contribution in [0.1, 0.15) is 11.3 Å². The van der Waals surface area contributed by atoms with Crippen LogP contribution in [0, 0.1) is 5.82 Å². The van der Waals surface area contributed by atoms with Gasteiger partial charge in [0.15, 0.2) is 5.75 Å². The molecule has 6 nitrogen and oxygen atoms in total. The zero-order chi connectivity index (χ0) is 20.8. The van der Waals surface area contributed by atoms with E-state index < -0.39 is 12.0 Å². The number of aliphatic hydroxyl groups is 1. The summed E-state index contributed by atoms with van der Waals surface area (Å²) in [6, 6.07) is 13.6. The molecule has 150 valence electrons. The summed E-state index contributed by atoms with van der Waals surface area (Å²) in [7, 11) is 0. The highest BCUT2D eigenvalue weighted by Gasteiger charge is 2.11. The Hall–Kier alpha value is -3.16. The van der Waals surface area contributed by atoms with Gasteiger partial charge in [0.05, 0.1) is 12.8 Å². The highest BCUT2D eigenvalue weighted by Crippen LogP contribution is 2.15. The van der Waals surface area contributed by atoms with Crippen molar-refractivity contribution in [3.05, 3.63) is 93.1 Å². The minimum Gasteiger partial charge on any atom is -0.483 e. The van der Waals surface area contributed by atoms with Gasteiger partial charge in [-0.25, -0.2) is 4.39 Å². The minimum absolute atomic E-state index is 0.0158. The third kappa shape index (κ3) is 5.66. The lowest BCUT2D eigenvalue weighted by Gasteiger charge is -2.14. The van der Waals surface area contributed by atoms with Crippen molar-refractivity contribution in [2.24, 2.45) is 0 Å². The Kier molecular flexibility index (Phi) is 6.64. The fourth-order valence-electron chi connectivity index (χ4n) is 2.65. The molecular formula is C21H18ClFN2O4. The van der Waals surface area contributed by atoms with Crippen LogP contribution >= 0.6 is 11.6 Å². The van der Waals surface area contributed by atoms with Crippen LogP contribution < -0.4 is 15.5 Å². The molecule has 3 aromatic rings. The van der Waals surface area contributed by atoms with E-state index in [2.05, 4.69) is 5.32 Å². The monoisotopic (exact) mass is 416 g/mol. The van der Waals surface area contributed by atoms with Crippen LogP contribution in [0.4, 0.5) is 10.1 Å². The van der Waals surface area contributed by atoms with Gasteiger partial charge in [0.25, 0.3) is 0 Å². The second kappa shape index (κ2) is 9.36. The number of aliphatic hydroxyl groups excluding tert-OH is 1. The van der Waals surface area contributed by atoms with Crippen LogP contribution in [0.2, 0.25) is 5.02 Å². The highest BCUT2D eigenvalue weighted by molar-refractivity contribution is 6.30. The number of aromatic nitrogens is 1. The van der Waals surface area contributed by atoms with Crippen molar-refractivity contribution in [1.82, 2.24) is 4.57 Å². The number of pyridine rings is 1. The van der Waals surface area contributed by atoms with Crippen LogP contribution in [0.3, 0.4) is 0 Å². The van der Waals surface area contributed by atoms with Gasteiger partial charge in [-0.15, -0.1) is 0 Å². The molecule has 1 aromatic heterocycles. The van der Waals surface area contributed by atoms with Gasteiger partial charge in [0, 0.05) is 22.5 Å². The van der Waals surface area contributed by atoms with Gasteiger partial charge < -0.3 is 19.7 Å². The number of carbonyl (C=O) groups excluding carboxylic acids is 1. The second-order valence-corrected chi connectivity index (χ2v) is 6.69. The molecule has 0 unspecified atom stereocenters. The predicted octanol–water partition coefficient (Wildman–Crippen LogP) is 3.35. The van der Waals surface area contributed by atoms with E-state index in [0.29, 0.717) is 16.3 Å². The normalized spacial score (nSPS) is 10.6. The van der Waals surface area contributed by atoms with E-state index >= 15 is 0 Å². The molecule has 0 bridgehead atoms. The summed E-state index contributed by atoms with van der Waals surface area (Å²) in [6.07, 6.45) is 1.37. The van der Waals surface area contributed by atoms with Crippen molar-refractivity contribution in [2.75, 3.05) is 5.32 Å². The topological polar surface area (TPSA) is 80.6 Å². The molecule has 2 N–H and O–H groups in total. The number of amides is 1. The molecule has 29 heavy (non-hydrogen) atoms. The van der Waals surface area contributed by atoms with Gasteiger partial charge in [-0.05, 0) is 35.9 Å². The summed E-state index contributed by atoms with van der Waals surface area (Å²) in [4.78, 5) is 24.6. The largest absolute Gasteiger partial charge is 0.483 e. The van der Waals surface area contributed by atoms with Gasteiger partial charge in [0.2, 0.25) is 11.3 Å². The number of anilines is 1. The Morgan fingerprint density at radius 1 is 1.17 bits per heavy atom. The molecule has 0 saturated carbocycles. The third-order valence-corrected chi connectivity index (χ3v) is 4.31. The van der Waals surface area contributed by atoms with E-state index in [1.54, 1.807) is 36.4 Å². The summed E-state index contributed by atoms with van der Waals surface area (Å²) in [6.45, 7) is -0.504. The first-order chi connectivity index (χ1) is 13.9. The molecule has 0 aliphatic heterocycles. The van der Waals surface area contributed by atoms with Gasteiger partial charge in [-0.3, -0.25) is 9.59 Å². The van der Waals surface area contributed by atoms with Crippen molar-refractivity contribution in [1.29, 1.82) is 0 Å². The Morgan fingerprint density at radius 3 is 2.62 bits per heavy atom. The number of nitrogens with zero attached hydrogens (tertiary/aromatic N) is 1. The van der Waals surface area contributed by atoms with E-state index in [4.69, 9.17) is 16.3 Å². The molecule has 0 radical (unpaired) electrons. The van der Waals surface area contributed by atoms with Crippen molar-refractivity contribution >= 4 is 23.2 Å². The first-order valence-electron chi connectivity index (χ1n) is 8.71. The van der Waals surface area contributed by atoms with Crippen molar-refractivity contribution in [3.63, 3.8) is 0 Å². The van der Waals surface area contributed by atoms with Crippen molar-refractivity contribution in [2.45, 2.75) is 19.8 Å². The average Bonchev–Trinajstić information content (AvgIpc) is 2.69. The molecule has 0 aliphatic rings. The maximum absolute atomic E-state index is 13.0. The molecule has 0 aliphatic carbocycles. The van der Waals surface area contributed by atoms with Gasteiger partial charge in [-0.2, -0.15) is 0 Å². The number of halogens is 2. The molecule has 0 atom stereocenters. The van der Waals surface area contributed by atoms with Gasteiger partial charge in [0.1, 0.15) is 19.0 Å². The van der Waals surface area contributed by atoms with E-state index in [9.17, 15) is 19.1 Å². The van der Waals surface area contributed by atoms with E-state index in [-0.39, 0.29) is 36.3 Å². The minimum atomic E-state index is -0.428. The summed E-state index contributed by atoms with van der Waals surface area (Å²) >= 11 is 5.91. The number of hydrogen-bond acceptors (Lipinski definition) is 4. The molecule has 3 rings (SSSR count). The number of carbonyl (C=O) groups is 1. The number of benzene rings is 2. The Labute approximate surface area is 171 Å². The number of ether oxygens (including phenoxy) is 1. The Morgan fingerprint density at radius 2 is 1.93 bits per heavy atom. The van der Waals surface area contributed by atoms with Crippen LogP contribution in [-0.4, -0.2) is 15.6 Å². The van der Waals surface area contributed by atoms with Crippen molar-refractivity contribution < 1.29 is 19.0 Å². The fraction of sp³-hybridized carbons (Fsp3) is 0.143. The van der Waals surface area contributed by atoms with E-state index in [1.807, 2.05) is 0 Å². The second-order valence-electron chi connectivity index (χ2n) is 6.25. The van der Waals surface area contributed by atoms with E-state index in [0.717, 1.165) is 0 Å². The summed E-state index contributed by atoms with van der Waals surface area (Å²) < 4.78 is 20.0. The lowest BCUT2D eigenvalue weighted by atomic mass is 10.2. The number of rotatable bonds is 7. The van der Waals surface area contributed by atoms with Crippen LogP contribution in [0.25, 0.3) is 0 Å². The molecule has 1 heterocycles. The van der Waals surface area contributed by atoms with Gasteiger partial charge in [-0.1, -0.05) is 29.8 Å². The molecule has 0 spiro atoms. The molecular weight excluding hydrogens is 399 g/mol. The zero-order valence-electron chi connectivity index (χ0n) is 15.3. The first-order valence-corrected chi connectivity index (χ1v) is 9.09. The number of nitrogens with one attached hydrogen (secondary N) is 1. The lowest BCUT2D eigenvalue weighted by molar-refractivity contribution is -0.116. The van der Waals surface area contributed by atoms with Crippen LogP contribution in [0.15, 0.2) is 65.6 Å². The fourth-order valence-corrected chi connectivity index (χ4v) is 2.84. The molecule has 1 amide bonds. The molecule has 0 fully saturated rings. The summed E-state index contributed by atoms with van der Waals surface area (Å²) in [5.41, 5.74) is 1.05. The number of hydrogen-bond donors (Lipinski definition) is 2. The average molecular weight is 417 g/mol. The summed E-state index contributed by atoms with van der Waals surface area (Å²) in [5, 5.41) is 12.7. The standard InChI is InChI=1S/C21H18ClFN2O4/c22-15-2-1-3-17(8-15)24-21(28)11-25-10-20(19(27)9-18(25)12-26)29-13-14-4-6-16(23)7-5-14/h1-10,26H,11-13H2,(H,24,28).